The summed E-state index contributed by atoms with van der Waals surface area (Å²) in [5.74, 6) is -1.21. The summed E-state index contributed by atoms with van der Waals surface area (Å²) in [6, 6.07) is 20.2. The first-order valence-electron chi connectivity index (χ1n) is 12.1. The van der Waals surface area contributed by atoms with Gasteiger partial charge >= 0.3 is 0 Å². The van der Waals surface area contributed by atoms with Crippen LogP contribution in [-0.2, 0) is 6.54 Å². The Morgan fingerprint density at radius 1 is 1.11 bits per heavy atom. The summed E-state index contributed by atoms with van der Waals surface area (Å²) >= 11 is 0. The first-order valence-corrected chi connectivity index (χ1v) is 12.1. The van der Waals surface area contributed by atoms with Gasteiger partial charge in [-0.15, -0.1) is 0 Å². The van der Waals surface area contributed by atoms with Gasteiger partial charge in [0.15, 0.2) is 5.88 Å². The van der Waals surface area contributed by atoms with Gasteiger partial charge in [0.25, 0.3) is 5.91 Å². The Balaban J connectivity index is 1.59. The van der Waals surface area contributed by atoms with Gasteiger partial charge in [-0.1, -0.05) is 42.5 Å². The van der Waals surface area contributed by atoms with Gasteiger partial charge in [0, 0.05) is 29.1 Å². The minimum absolute atomic E-state index is 0.0446. The highest BCUT2D eigenvalue weighted by Gasteiger charge is 2.25. The summed E-state index contributed by atoms with van der Waals surface area (Å²) in [5, 5.41) is 14.3. The molecule has 1 heterocycles. The van der Waals surface area contributed by atoms with Crippen molar-refractivity contribution in [2.75, 3.05) is 14.1 Å². The van der Waals surface area contributed by atoms with Crippen LogP contribution in [0.4, 0.5) is 10.1 Å². The molecule has 1 aromatic heterocycles. The van der Waals surface area contributed by atoms with Gasteiger partial charge in [-0.2, -0.15) is 0 Å². The average Bonchev–Trinajstić information content (AvgIpc) is 3.15. The quantitative estimate of drug-likeness (QED) is 0.302. The van der Waals surface area contributed by atoms with E-state index in [1.54, 1.807) is 0 Å². The zero-order chi connectivity index (χ0) is 25.2. The number of nitrogens with zero attached hydrogens (tertiary/aromatic N) is 2. The average molecular weight is 485 g/mol. The van der Waals surface area contributed by atoms with E-state index >= 15 is 4.39 Å². The summed E-state index contributed by atoms with van der Waals surface area (Å²) in [7, 11) is 4.03. The molecule has 0 bridgehead atoms. The number of aromatic hydroxyl groups is 1. The van der Waals surface area contributed by atoms with Crippen LogP contribution in [0.5, 0.6) is 5.88 Å². The van der Waals surface area contributed by atoms with Crippen molar-refractivity contribution in [3.63, 3.8) is 0 Å². The van der Waals surface area contributed by atoms with E-state index in [9.17, 15) is 9.90 Å². The van der Waals surface area contributed by atoms with Gasteiger partial charge in [-0.25, -0.2) is 9.38 Å². The maximum atomic E-state index is 15.2. The van der Waals surface area contributed by atoms with Crippen LogP contribution >= 0.6 is 0 Å². The molecule has 1 fully saturated rings. The van der Waals surface area contributed by atoms with E-state index in [0.717, 1.165) is 36.9 Å². The highest BCUT2D eigenvalue weighted by atomic mass is 19.1. The SMILES string of the molecule is CN(C)Cc1ccc(N=C(c2ccccc2)c2c(O)[nH]c3cc(C(=O)NC4CCC4)c(F)cc23)cc1. The van der Waals surface area contributed by atoms with Crippen molar-refractivity contribution in [1.29, 1.82) is 0 Å². The minimum atomic E-state index is -0.639. The largest absolute Gasteiger partial charge is 0.494 e. The lowest BCUT2D eigenvalue weighted by Crippen LogP contribution is -2.39. The number of carbonyl (C=O) groups excluding carboxylic acids is 1. The van der Waals surface area contributed by atoms with Crippen LogP contribution in [0.3, 0.4) is 0 Å². The highest BCUT2D eigenvalue weighted by Crippen LogP contribution is 2.33. The Hall–Kier alpha value is -3.97. The summed E-state index contributed by atoms with van der Waals surface area (Å²) in [5.41, 5.74) is 3.96. The Morgan fingerprint density at radius 2 is 1.83 bits per heavy atom. The fraction of sp³-hybridized carbons (Fsp3) is 0.241. The highest BCUT2D eigenvalue weighted by molar-refractivity contribution is 6.22. The molecular weight excluding hydrogens is 455 g/mol. The summed E-state index contributed by atoms with van der Waals surface area (Å²) in [6.45, 7) is 0.814. The number of aromatic nitrogens is 1. The van der Waals surface area contributed by atoms with E-state index in [-0.39, 0.29) is 17.5 Å². The summed E-state index contributed by atoms with van der Waals surface area (Å²) < 4.78 is 15.2. The molecular formula is C29H29FN4O2. The smallest absolute Gasteiger partial charge is 0.254 e. The normalized spacial score (nSPS) is 14.3. The van der Waals surface area contributed by atoms with E-state index in [0.29, 0.717) is 27.9 Å². The predicted octanol–water partition coefficient (Wildman–Crippen LogP) is 5.53. The standard InChI is InChI=1S/C29H29FN4O2/c1-34(2)17-18-11-13-21(14-12-18)31-27(19-7-4-3-5-8-19)26-23-15-24(30)22(16-25(23)33-29(26)36)28(35)32-20-9-6-10-20/h3-5,7-8,11-16,20,33,36H,6,9-10,17H2,1-2H3,(H,32,35). The third-order valence-corrected chi connectivity index (χ3v) is 6.51. The first-order chi connectivity index (χ1) is 17.4. The monoisotopic (exact) mass is 484 g/mol. The molecule has 0 radical (unpaired) electrons. The maximum Gasteiger partial charge on any atom is 0.254 e. The maximum absolute atomic E-state index is 15.2. The van der Waals surface area contributed by atoms with Crippen LogP contribution < -0.4 is 5.32 Å². The van der Waals surface area contributed by atoms with Crippen molar-refractivity contribution in [2.45, 2.75) is 31.8 Å². The summed E-state index contributed by atoms with van der Waals surface area (Å²) in [4.78, 5) is 22.5. The molecule has 0 aliphatic heterocycles. The molecule has 4 aromatic rings. The molecule has 6 nitrogen and oxygen atoms in total. The van der Waals surface area contributed by atoms with Crippen molar-refractivity contribution in [1.82, 2.24) is 15.2 Å². The lowest BCUT2D eigenvalue weighted by molar-refractivity contribution is 0.0913. The Bertz CT molecular complexity index is 1420. The number of benzene rings is 3. The molecule has 3 N–H and O–H groups in total. The molecule has 1 aliphatic rings. The van der Waals surface area contributed by atoms with Gasteiger partial charge in [-0.05, 0) is 63.2 Å². The minimum Gasteiger partial charge on any atom is -0.494 e. The number of hydrogen-bond donors (Lipinski definition) is 3. The van der Waals surface area contributed by atoms with E-state index in [1.807, 2.05) is 68.7 Å². The van der Waals surface area contributed by atoms with Crippen LogP contribution in [-0.4, -0.2) is 46.7 Å². The molecule has 5 rings (SSSR count). The number of fused-ring (bicyclic) bond motifs is 1. The van der Waals surface area contributed by atoms with Crippen molar-refractivity contribution < 1.29 is 14.3 Å². The van der Waals surface area contributed by atoms with Crippen molar-refractivity contribution in [3.05, 3.63) is 94.8 Å². The number of hydrogen-bond acceptors (Lipinski definition) is 4. The zero-order valence-corrected chi connectivity index (χ0v) is 20.4. The third-order valence-electron chi connectivity index (χ3n) is 6.51. The molecule has 1 aliphatic carbocycles. The topological polar surface area (TPSA) is 80.7 Å². The van der Waals surface area contributed by atoms with Gasteiger partial charge in [0.2, 0.25) is 0 Å². The molecule has 1 saturated carbocycles. The molecule has 184 valence electrons. The Labute approximate surface area is 209 Å². The number of halogens is 1. The fourth-order valence-electron chi connectivity index (χ4n) is 4.46. The number of rotatable bonds is 7. The van der Waals surface area contributed by atoms with Gasteiger partial charge in [0.1, 0.15) is 5.82 Å². The van der Waals surface area contributed by atoms with Crippen LogP contribution in [0.15, 0.2) is 71.7 Å². The molecule has 0 unspecified atom stereocenters. The van der Waals surface area contributed by atoms with E-state index < -0.39 is 11.7 Å². The molecule has 0 atom stereocenters. The lowest BCUT2D eigenvalue weighted by atomic mass is 9.93. The second-order valence-electron chi connectivity index (χ2n) is 9.56. The first kappa shape index (κ1) is 23.8. The van der Waals surface area contributed by atoms with Gasteiger partial charge in [-0.3, -0.25) is 4.79 Å². The third kappa shape index (κ3) is 4.88. The molecule has 7 heteroatoms. The van der Waals surface area contributed by atoms with Crippen LogP contribution in [0, 0.1) is 5.82 Å². The molecule has 0 spiro atoms. The van der Waals surface area contributed by atoms with Crippen LogP contribution in [0.25, 0.3) is 10.9 Å². The van der Waals surface area contributed by atoms with Gasteiger partial charge in [0.05, 0.1) is 22.5 Å². The van der Waals surface area contributed by atoms with E-state index in [1.165, 1.54) is 12.1 Å². The van der Waals surface area contributed by atoms with Crippen molar-refractivity contribution in [2.24, 2.45) is 4.99 Å². The number of H-pyrrole nitrogens is 1. The van der Waals surface area contributed by atoms with Gasteiger partial charge < -0.3 is 20.3 Å². The zero-order valence-electron chi connectivity index (χ0n) is 20.4. The number of aromatic amines is 1. The Morgan fingerprint density at radius 3 is 2.47 bits per heavy atom. The second-order valence-corrected chi connectivity index (χ2v) is 9.56. The number of amides is 1. The van der Waals surface area contributed by atoms with Crippen LogP contribution in [0.2, 0.25) is 0 Å². The lowest BCUT2D eigenvalue weighted by Gasteiger charge is -2.26. The molecule has 3 aromatic carbocycles. The van der Waals surface area contributed by atoms with E-state index in [4.69, 9.17) is 4.99 Å². The predicted molar refractivity (Wildman–Crippen MR) is 141 cm³/mol. The molecule has 1 amide bonds. The fourth-order valence-corrected chi connectivity index (χ4v) is 4.46. The van der Waals surface area contributed by atoms with E-state index in [2.05, 4.69) is 15.2 Å². The second kappa shape index (κ2) is 9.95. The summed E-state index contributed by atoms with van der Waals surface area (Å²) in [6.07, 6.45) is 2.90. The van der Waals surface area contributed by atoms with Crippen molar-refractivity contribution in [3.8, 4) is 5.88 Å². The Kier molecular flexibility index (Phi) is 6.57. The molecule has 0 saturated heterocycles. The number of nitrogens with one attached hydrogen (secondary N) is 2. The molecule has 36 heavy (non-hydrogen) atoms. The van der Waals surface area contributed by atoms with Crippen molar-refractivity contribution >= 4 is 28.2 Å². The number of carbonyl (C=O) groups is 1. The van der Waals surface area contributed by atoms with Crippen LogP contribution in [0.1, 0.15) is 46.3 Å². The number of aliphatic imine (C=N–C) groups is 1.